The van der Waals surface area contributed by atoms with Crippen molar-refractivity contribution in [2.75, 3.05) is 13.2 Å². The first-order chi connectivity index (χ1) is 9.77. The lowest BCUT2D eigenvalue weighted by molar-refractivity contribution is -0.146. The number of allylic oxidation sites excluding steroid dienone is 4. The van der Waals surface area contributed by atoms with Crippen molar-refractivity contribution in [2.24, 2.45) is 5.41 Å². The molecule has 0 aromatic heterocycles. The van der Waals surface area contributed by atoms with Crippen LogP contribution in [0.2, 0.25) is 0 Å². The average Bonchev–Trinajstić information content (AvgIpc) is 2.38. The quantitative estimate of drug-likeness (QED) is 0.427. The van der Waals surface area contributed by atoms with Gasteiger partial charge in [0.05, 0.1) is 0 Å². The summed E-state index contributed by atoms with van der Waals surface area (Å²) in [6, 6.07) is 0. The fourth-order valence-electron chi connectivity index (χ4n) is 2.63. The summed E-state index contributed by atoms with van der Waals surface area (Å²) in [5.41, 5.74) is 2.35. The molecule has 0 aromatic carbocycles. The predicted molar refractivity (Wildman–Crippen MR) is 81.7 cm³/mol. The predicted octanol–water partition coefficient (Wildman–Crippen LogP) is 3.57. The summed E-state index contributed by atoms with van der Waals surface area (Å²) in [5, 5.41) is 0. The van der Waals surface area contributed by atoms with Gasteiger partial charge in [-0.3, -0.25) is 4.79 Å². The van der Waals surface area contributed by atoms with Crippen LogP contribution in [0.3, 0.4) is 0 Å². The van der Waals surface area contributed by atoms with Crippen LogP contribution in [-0.2, 0) is 19.1 Å². The SMILES string of the molecule is CCOCC(=O)O/C(=C/C1=C(C)CCCC1(C)C)C(C)=O. The summed E-state index contributed by atoms with van der Waals surface area (Å²) in [4.78, 5) is 23.4. The molecular weight excluding hydrogens is 268 g/mol. The molecule has 0 aromatic rings. The van der Waals surface area contributed by atoms with Gasteiger partial charge < -0.3 is 9.47 Å². The molecule has 0 fully saturated rings. The van der Waals surface area contributed by atoms with Gasteiger partial charge in [0.15, 0.2) is 11.5 Å². The summed E-state index contributed by atoms with van der Waals surface area (Å²) in [5.74, 6) is -0.685. The first-order valence-corrected chi connectivity index (χ1v) is 7.49. The van der Waals surface area contributed by atoms with E-state index in [9.17, 15) is 9.59 Å². The van der Waals surface area contributed by atoms with Gasteiger partial charge in [0.25, 0.3) is 0 Å². The van der Waals surface area contributed by atoms with E-state index in [0.717, 1.165) is 24.8 Å². The largest absolute Gasteiger partial charge is 0.421 e. The Kier molecular flexibility index (Phi) is 6.34. The summed E-state index contributed by atoms with van der Waals surface area (Å²) < 4.78 is 10.2. The fraction of sp³-hybridized carbons (Fsp3) is 0.647. The lowest BCUT2D eigenvalue weighted by Crippen LogP contribution is -2.21. The second kappa shape index (κ2) is 7.55. The van der Waals surface area contributed by atoms with Gasteiger partial charge in [-0.15, -0.1) is 0 Å². The number of Topliss-reactive ketones (excluding diaryl/α,β-unsaturated/α-hetero) is 1. The third kappa shape index (κ3) is 5.12. The Hall–Kier alpha value is -1.42. The van der Waals surface area contributed by atoms with Gasteiger partial charge in [0, 0.05) is 13.5 Å². The van der Waals surface area contributed by atoms with Crippen molar-refractivity contribution in [2.45, 2.75) is 53.9 Å². The van der Waals surface area contributed by atoms with Crippen LogP contribution in [0.4, 0.5) is 0 Å². The van der Waals surface area contributed by atoms with Crippen LogP contribution in [0, 0.1) is 5.41 Å². The molecule has 0 saturated heterocycles. The van der Waals surface area contributed by atoms with Crippen LogP contribution in [-0.4, -0.2) is 25.0 Å². The number of ketones is 1. The first-order valence-electron chi connectivity index (χ1n) is 7.49. The van der Waals surface area contributed by atoms with Gasteiger partial charge in [-0.25, -0.2) is 4.79 Å². The van der Waals surface area contributed by atoms with Crippen LogP contribution in [0.15, 0.2) is 23.0 Å². The third-order valence-electron chi connectivity index (χ3n) is 3.81. The van der Waals surface area contributed by atoms with Crippen molar-refractivity contribution in [3.63, 3.8) is 0 Å². The van der Waals surface area contributed by atoms with E-state index in [1.807, 2.05) is 0 Å². The second-order valence-electron chi connectivity index (χ2n) is 6.11. The van der Waals surface area contributed by atoms with Gasteiger partial charge in [-0.05, 0) is 50.2 Å². The first kappa shape index (κ1) is 17.6. The van der Waals surface area contributed by atoms with E-state index in [0.29, 0.717) is 6.61 Å². The van der Waals surface area contributed by atoms with Crippen molar-refractivity contribution in [1.29, 1.82) is 0 Å². The molecule has 0 heterocycles. The van der Waals surface area contributed by atoms with Crippen LogP contribution in [0.25, 0.3) is 0 Å². The van der Waals surface area contributed by atoms with Crippen molar-refractivity contribution in [3.8, 4) is 0 Å². The zero-order valence-corrected chi connectivity index (χ0v) is 13.7. The number of rotatable bonds is 6. The van der Waals surface area contributed by atoms with Gasteiger partial charge in [-0.2, -0.15) is 0 Å². The Balaban J connectivity index is 2.99. The smallest absolute Gasteiger partial charge is 0.337 e. The maximum atomic E-state index is 11.7. The highest BCUT2D eigenvalue weighted by atomic mass is 16.6. The lowest BCUT2D eigenvalue weighted by atomic mass is 9.72. The molecule has 0 spiro atoms. The highest BCUT2D eigenvalue weighted by molar-refractivity contribution is 5.94. The van der Waals surface area contributed by atoms with E-state index in [1.54, 1.807) is 13.0 Å². The maximum absolute atomic E-state index is 11.7. The maximum Gasteiger partial charge on any atom is 0.337 e. The molecule has 4 nitrogen and oxygen atoms in total. The van der Waals surface area contributed by atoms with Crippen LogP contribution in [0.5, 0.6) is 0 Å². The Bertz CT molecular complexity index is 469. The third-order valence-corrected chi connectivity index (χ3v) is 3.81. The number of hydrogen-bond acceptors (Lipinski definition) is 4. The molecule has 0 amide bonds. The number of carbonyl (C=O) groups excluding carboxylic acids is 2. The van der Waals surface area contributed by atoms with Gasteiger partial charge >= 0.3 is 5.97 Å². The molecule has 0 aliphatic heterocycles. The van der Waals surface area contributed by atoms with Crippen LogP contribution < -0.4 is 0 Å². The molecule has 0 N–H and O–H groups in total. The van der Waals surface area contributed by atoms with E-state index in [4.69, 9.17) is 9.47 Å². The molecule has 0 saturated carbocycles. The number of carbonyl (C=O) groups is 2. The molecule has 1 aliphatic rings. The molecule has 0 atom stereocenters. The minimum absolute atomic E-state index is 0.00460. The van der Waals surface area contributed by atoms with Crippen LogP contribution >= 0.6 is 0 Å². The molecular formula is C17H26O4. The minimum Gasteiger partial charge on any atom is -0.421 e. The topological polar surface area (TPSA) is 52.6 Å². The summed E-state index contributed by atoms with van der Waals surface area (Å²) in [6.07, 6.45) is 4.97. The molecule has 4 heteroatoms. The zero-order valence-electron chi connectivity index (χ0n) is 13.7. The fourth-order valence-corrected chi connectivity index (χ4v) is 2.63. The van der Waals surface area contributed by atoms with E-state index in [2.05, 4.69) is 20.8 Å². The van der Waals surface area contributed by atoms with Crippen molar-refractivity contribution >= 4 is 11.8 Å². The summed E-state index contributed by atoms with van der Waals surface area (Å²) >= 11 is 0. The Morgan fingerprint density at radius 3 is 2.52 bits per heavy atom. The van der Waals surface area contributed by atoms with E-state index < -0.39 is 5.97 Å². The number of ether oxygens (including phenoxy) is 2. The Labute approximate surface area is 127 Å². The molecule has 21 heavy (non-hydrogen) atoms. The number of esters is 1. The summed E-state index contributed by atoms with van der Waals surface area (Å²) in [6.45, 7) is 9.89. The zero-order chi connectivity index (χ0) is 16.0. The normalized spacial score (nSPS) is 18.6. The molecule has 0 radical (unpaired) electrons. The van der Waals surface area contributed by atoms with E-state index >= 15 is 0 Å². The Morgan fingerprint density at radius 2 is 2.00 bits per heavy atom. The van der Waals surface area contributed by atoms with Gasteiger partial charge in [-0.1, -0.05) is 19.4 Å². The lowest BCUT2D eigenvalue weighted by Gasteiger charge is -2.33. The second-order valence-corrected chi connectivity index (χ2v) is 6.11. The van der Waals surface area contributed by atoms with Gasteiger partial charge in [0.1, 0.15) is 6.61 Å². The van der Waals surface area contributed by atoms with Crippen molar-refractivity contribution in [1.82, 2.24) is 0 Å². The molecule has 0 unspecified atom stereocenters. The van der Waals surface area contributed by atoms with Crippen molar-refractivity contribution in [3.05, 3.63) is 23.0 Å². The standard InChI is InChI=1S/C17H26O4/c1-6-20-11-16(19)21-15(13(3)18)10-14-12(2)8-7-9-17(14,4)5/h10H,6-9,11H2,1-5H3/b15-10+. The van der Waals surface area contributed by atoms with Crippen molar-refractivity contribution < 1.29 is 19.1 Å². The molecule has 1 aliphatic carbocycles. The highest BCUT2D eigenvalue weighted by Gasteiger charge is 2.28. The van der Waals surface area contributed by atoms with E-state index in [1.165, 1.54) is 12.5 Å². The Morgan fingerprint density at radius 1 is 1.33 bits per heavy atom. The molecule has 0 bridgehead atoms. The van der Waals surface area contributed by atoms with Gasteiger partial charge in [0.2, 0.25) is 0 Å². The summed E-state index contributed by atoms with van der Waals surface area (Å²) in [7, 11) is 0. The molecule has 1 rings (SSSR count). The van der Waals surface area contributed by atoms with Crippen LogP contribution in [0.1, 0.15) is 53.9 Å². The van der Waals surface area contributed by atoms with E-state index in [-0.39, 0.29) is 23.6 Å². The minimum atomic E-state index is -0.537. The number of hydrogen-bond donors (Lipinski definition) is 0. The average molecular weight is 294 g/mol. The molecule has 118 valence electrons. The highest BCUT2D eigenvalue weighted by Crippen LogP contribution is 2.41. The monoisotopic (exact) mass is 294 g/mol.